The fraction of sp³-hybridized carbons (Fsp3) is 0.0455. The molecule has 0 aliphatic rings. The van der Waals surface area contributed by atoms with E-state index in [4.69, 9.17) is 0 Å². The van der Waals surface area contributed by atoms with Gasteiger partial charge in [-0.15, -0.1) is 0 Å². The van der Waals surface area contributed by atoms with Crippen LogP contribution in [-0.4, -0.2) is 42.8 Å². The van der Waals surface area contributed by atoms with E-state index in [1.54, 1.807) is 18.2 Å². The molecule has 0 bridgehead atoms. The molecular formula is C22H17N3O5S2. The summed E-state index contributed by atoms with van der Waals surface area (Å²) in [5, 5.41) is 9.13. The van der Waals surface area contributed by atoms with E-state index < -0.39 is 29.7 Å². The van der Waals surface area contributed by atoms with Crippen molar-refractivity contribution in [1.82, 2.24) is 15.2 Å². The summed E-state index contributed by atoms with van der Waals surface area (Å²) in [7, 11) is -8.73. The number of rotatable bonds is 4. The average molecular weight is 468 g/mol. The molecule has 32 heavy (non-hydrogen) atoms. The second-order valence-electron chi connectivity index (χ2n) is 7.48. The quantitative estimate of drug-likeness (QED) is 0.342. The number of sulfone groups is 1. The van der Waals surface area contributed by atoms with E-state index in [-0.39, 0.29) is 5.56 Å². The third-order valence-corrected chi connectivity index (χ3v) is 7.49. The van der Waals surface area contributed by atoms with Crippen LogP contribution in [0.1, 0.15) is 0 Å². The molecule has 0 unspecified atom stereocenters. The molecule has 0 amide bonds. The lowest BCUT2D eigenvalue weighted by Crippen LogP contribution is -2.09. The second-order valence-corrected chi connectivity index (χ2v) is 10.8. The average Bonchev–Trinajstić information content (AvgIpc) is 3.35. The van der Waals surface area contributed by atoms with Crippen LogP contribution in [0.5, 0.6) is 0 Å². The van der Waals surface area contributed by atoms with Crippen LogP contribution < -0.4 is 0 Å². The van der Waals surface area contributed by atoms with Crippen molar-refractivity contribution in [2.45, 2.75) is 9.79 Å². The predicted octanol–water partition coefficient (Wildman–Crippen LogP) is 4.03. The maximum absolute atomic E-state index is 12.5. The zero-order valence-corrected chi connectivity index (χ0v) is 18.3. The number of nitrogens with zero attached hydrogens (tertiary/aromatic N) is 1. The van der Waals surface area contributed by atoms with Crippen LogP contribution >= 0.6 is 0 Å². The number of fused-ring (bicyclic) bond motifs is 2. The van der Waals surface area contributed by atoms with Gasteiger partial charge in [0.25, 0.3) is 10.1 Å². The summed E-state index contributed by atoms with van der Waals surface area (Å²) in [5.41, 5.74) is 3.76. The molecule has 2 aromatic heterocycles. The molecule has 0 saturated carbocycles. The highest BCUT2D eigenvalue weighted by molar-refractivity contribution is 7.92. The highest BCUT2D eigenvalue weighted by atomic mass is 32.2. The molecule has 5 rings (SSSR count). The zero-order chi connectivity index (χ0) is 22.7. The zero-order valence-electron chi connectivity index (χ0n) is 16.7. The Bertz CT molecular complexity index is 1700. The Hall–Kier alpha value is -3.47. The maximum atomic E-state index is 12.5. The molecule has 5 aromatic rings. The minimum atomic E-state index is -4.75. The smallest absolute Gasteiger partial charge is 0.295 e. The molecule has 0 saturated heterocycles. The van der Waals surface area contributed by atoms with Gasteiger partial charge in [0.2, 0.25) is 0 Å². The Balaban J connectivity index is 1.76. The Morgan fingerprint density at radius 3 is 2.38 bits per heavy atom. The van der Waals surface area contributed by atoms with Gasteiger partial charge in [0.1, 0.15) is 10.6 Å². The van der Waals surface area contributed by atoms with Crippen LogP contribution in [0.2, 0.25) is 0 Å². The molecule has 2 heterocycles. The van der Waals surface area contributed by atoms with Crippen molar-refractivity contribution >= 4 is 41.8 Å². The van der Waals surface area contributed by atoms with Gasteiger partial charge in [0, 0.05) is 28.1 Å². The van der Waals surface area contributed by atoms with Crippen molar-refractivity contribution in [3.8, 4) is 22.5 Å². The fourth-order valence-corrected chi connectivity index (χ4v) is 6.30. The highest BCUT2D eigenvalue weighted by Gasteiger charge is 2.26. The molecule has 0 fully saturated rings. The van der Waals surface area contributed by atoms with Gasteiger partial charge in [0.05, 0.1) is 16.1 Å². The molecule has 10 heteroatoms. The SMILES string of the molecule is CS(=O)(=O)c1c(-c2ccc3[nH]nc(-c4cc5ccccc5[nH]4)c3c2)cccc1S(=O)(=O)O. The van der Waals surface area contributed by atoms with Gasteiger partial charge >= 0.3 is 0 Å². The Kier molecular flexibility index (Phi) is 4.48. The summed E-state index contributed by atoms with van der Waals surface area (Å²) >= 11 is 0. The van der Waals surface area contributed by atoms with Gasteiger partial charge in [-0.2, -0.15) is 13.5 Å². The number of hydrogen-bond acceptors (Lipinski definition) is 5. The standard InChI is InChI=1S/C22H17N3O5S2/c1-31(26,27)22-15(6-4-8-20(22)32(28,29)30)13-9-10-18-16(11-13)21(25-24-18)19-12-14-5-2-3-7-17(14)23-19/h2-12,23H,1H3,(H,24,25)(H,28,29,30). The number of aromatic nitrogens is 3. The lowest BCUT2D eigenvalue weighted by atomic mass is 10.0. The molecule has 0 aliphatic carbocycles. The van der Waals surface area contributed by atoms with Gasteiger partial charge in [-0.25, -0.2) is 8.42 Å². The van der Waals surface area contributed by atoms with Gasteiger partial charge in [0.15, 0.2) is 9.84 Å². The molecule has 0 aliphatic heterocycles. The van der Waals surface area contributed by atoms with Crippen LogP contribution in [0.3, 0.4) is 0 Å². The number of nitrogens with one attached hydrogen (secondary N) is 2. The minimum Gasteiger partial charge on any atom is -0.353 e. The first-order chi connectivity index (χ1) is 15.1. The van der Waals surface area contributed by atoms with Crippen molar-refractivity contribution < 1.29 is 21.4 Å². The highest BCUT2D eigenvalue weighted by Crippen LogP contribution is 2.36. The number of para-hydroxylation sites is 1. The molecule has 0 radical (unpaired) electrons. The second kappa shape index (κ2) is 7.02. The van der Waals surface area contributed by atoms with Crippen LogP contribution in [0.25, 0.3) is 44.3 Å². The summed E-state index contributed by atoms with van der Waals surface area (Å²) in [6.07, 6.45) is 0.910. The minimum absolute atomic E-state index is 0.174. The first kappa shape index (κ1) is 20.4. The lowest BCUT2D eigenvalue weighted by molar-refractivity contribution is 0.480. The van der Waals surface area contributed by atoms with Gasteiger partial charge < -0.3 is 4.98 Å². The topological polar surface area (TPSA) is 133 Å². The van der Waals surface area contributed by atoms with Crippen molar-refractivity contribution in [3.63, 3.8) is 0 Å². The van der Waals surface area contributed by atoms with E-state index in [9.17, 15) is 21.4 Å². The molecule has 3 N–H and O–H groups in total. The molecule has 3 aromatic carbocycles. The summed E-state index contributed by atoms with van der Waals surface area (Å²) in [6.45, 7) is 0. The predicted molar refractivity (Wildman–Crippen MR) is 122 cm³/mol. The molecular weight excluding hydrogens is 450 g/mol. The number of benzene rings is 3. The summed E-state index contributed by atoms with van der Waals surface area (Å²) in [4.78, 5) is 2.22. The molecule has 8 nitrogen and oxygen atoms in total. The van der Waals surface area contributed by atoms with Crippen LogP contribution in [-0.2, 0) is 20.0 Å². The van der Waals surface area contributed by atoms with Crippen molar-refractivity contribution in [3.05, 3.63) is 66.7 Å². The van der Waals surface area contributed by atoms with E-state index in [2.05, 4.69) is 15.2 Å². The first-order valence-corrected chi connectivity index (χ1v) is 12.8. The largest absolute Gasteiger partial charge is 0.353 e. The van der Waals surface area contributed by atoms with E-state index in [0.717, 1.165) is 39.8 Å². The number of aromatic amines is 2. The van der Waals surface area contributed by atoms with Crippen LogP contribution in [0.15, 0.2) is 76.5 Å². The van der Waals surface area contributed by atoms with E-state index in [1.165, 1.54) is 12.1 Å². The van der Waals surface area contributed by atoms with Crippen LogP contribution in [0.4, 0.5) is 0 Å². The maximum Gasteiger partial charge on any atom is 0.295 e. The van der Waals surface area contributed by atoms with Gasteiger partial charge in [-0.3, -0.25) is 9.65 Å². The van der Waals surface area contributed by atoms with Gasteiger partial charge in [-0.1, -0.05) is 36.4 Å². The third-order valence-electron chi connectivity index (χ3n) is 5.29. The Morgan fingerprint density at radius 1 is 0.875 bits per heavy atom. The summed E-state index contributed by atoms with van der Waals surface area (Å²) < 4.78 is 58.3. The monoisotopic (exact) mass is 467 g/mol. The first-order valence-electron chi connectivity index (χ1n) is 9.50. The molecule has 0 spiro atoms. The van der Waals surface area contributed by atoms with Crippen molar-refractivity contribution in [1.29, 1.82) is 0 Å². The van der Waals surface area contributed by atoms with Crippen molar-refractivity contribution in [2.24, 2.45) is 0 Å². The normalized spacial score (nSPS) is 12.6. The van der Waals surface area contributed by atoms with Crippen molar-refractivity contribution in [2.75, 3.05) is 6.26 Å². The van der Waals surface area contributed by atoms with Gasteiger partial charge in [-0.05, 0) is 35.9 Å². The summed E-state index contributed by atoms with van der Waals surface area (Å²) in [5.74, 6) is 0. The fourth-order valence-electron chi connectivity index (χ4n) is 3.92. The Labute approximate surface area is 183 Å². The summed E-state index contributed by atoms with van der Waals surface area (Å²) in [6, 6.07) is 18.9. The van der Waals surface area contributed by atoms with E-state index in [0.29, 0.717) is 11.3 Å². The number of H-pyrrole nitrogens is 2. The third kappa shape index (κ3) is 3.38. The molecule has 0 atom stereocenters. The lowest BCUT2D eigenvalue weighted by Gasteiger charge is -2.12. The Morgan fingerprint density at radius 2 is 1.66 bits per heavy atom. The van der Waals surface area contributed by atoms with E-state index >= 15 is 0 Å². The number of hydrogen-bond donors (Lipinski definition) is 3. The van der Waals surface area contributed by atoms with Crippen LogP contribution in [0, 0.1) is 0 Å². The van der Waals surface area contributed by atoms with E-state index in [1.807, 2.05) is 30.3 Å². The molecule has 162 valence electrons.